The van der Waals surface area contributed by atoms with Crippen LogP contribution in [-0.2, 0) is 13.7 Å². The van der Waals surface area contributed by atoms with Gasteiger partial charge in [0, 0.05) is 29.7 Å². The second-order valence-corrected chi connectivity index (χ2v) is 5.09. The summed E-state index contributed by atoms with van der Waals surface area (Å²) in [5.41, 5.74) is 2.13. The number of phenolic OH excluding ortho intramolecular Hbond substituents is 1. The van der Waals surface area contributed by atoms with Crippen molar-refractivity contribution in [2.75, 3.05) is 0 Å². The van der Waals surface area contributed by atoms with Crippen LogP contribution in [0.4, 0.5) is 0 Å². The molecule has 0 radical (unpaired) electrons. The van der Waals surface area contributed by atoms with Crippen LogP contribution in [0.3, 0.4) is 0 Å². The van der Waals surface area contributed by atoms with Gasteiger partial charge in [-0.25, -0.2) is 0 Å². The van der Waals surface area contributed by atoms with E-state index in [0.29, 0.717) is 12.4 Å². The number of halogens is 1. The molecule has 3 rings (SSSR count). The molecule has 0 amide bonds. The van der Waals surface area contributed by atoms with Gasteiger partial charge in [-0.15, -0.1) is 0 Å². The van der Waals surface area contributed by atoms with Crippen LogP contribution in [0, 0.1) is 0 Å². The zero-order chi connectivity index (χ0) is 14.1. The van der Waals surface area contributed by atoms with Crippen molar-refractivity contribution >= 4 is 22.5 Å². The van der Waals surface area contributed by atoms with Crippen molar-refractivity contribution in [2.45, 2.75) is 6.61 Å². The molecular formula is C16H14ClNO2. The van der Waals surface area contributed by atoms with E-state index < -0.39 is 0 Å². The van der Waals surface area contributed by atoms with Gasteiger partial charge < -0.3 is 14.4 Å². The van der Waals surface area contributed by atoms with Crippen LogP contribution in [0.25, 0.3) is 10.9 Å². The summed E-state index contributed by atoms with van der Waals surface area (Å²) in [6, 6.07) is 12.5. The van der Waals surface area contributed by atoms with Crippen LogP contribution in [0.1, 0.15) is 5.56 Å². The van der Waals surface area contributed by atoms with Crippen molar-refractivity contribution in [3.63, 3.8) is 0 Å². The molecule has 3 aromatic rings. The van der Waals surface area contributed by atoms with Gasteiger partial charge in [0.1, 0.15) is 18.1 Å². The summed E-state index contributed by atoms with van der Waals surface area (Å²) in [5.74, 6) is 0.942. The van der Waals surface area contributed by atoms with E-state index in [-0.39, 0.29) is 5.75 Å². The van der Waals surface area contributed by atoms with Crippen molar-refractivity contribution in [1.29, 1.82) is 0 Å². The fourth-order valence-corrected chi connectivity index (χ4v) is 2.60. The van der Waals surface area contributed by atoms with E-state index in [1.165, 1.54) is 0 Å². The second kappa shape index (κ2) is 5.10. The molecule has 0 fully saturated rings. The predicted octanol–water partition coefficient (Wildman–Crippen LogP) is 4.12. The monoisotopic (exact) mass is 287 g/mol. The molecule has 0 unspecified atom stereocenters. The van der Waals surface area contributed by atoms with Crippen molar-refractivity contribution in [3.8, 4) is 11.5 Å². The molecule has 0 aliphatic rings. The SMILES string of the molecule is Cn1cc(COc2ccc(O)cc2)c2c(Cl)cccc21. The topological polar surface area (TPSA) is 34.4 Å². The number of nitrogens with zero attached hydrogens (tertiary/aromatic N) is 1. The van der Waals surface area contributed by atoms with E-state index in [1.54, 1.807) is 24.3 Å². The number of hydrogen-bond donors (Lipinski definition) is 1. The molecule has 0 bridgehead atoms. The molecule has 4 heteroatoms. The summed E-state index contributed by atoms with van der Waals surface area (Å²) in [5, 5.41) is 11.0. The molecule has 0 atom stereocenters. The predicted molar refractivity (Wildman–Crippen MR) is 80.4 cm³/mol. The standard InChI is InChI=1S/C16H14ClNO2/c1-18-9-11(16-14(17)3-2-4-15(16)18)10-20-13-7-5-12(19)6-8-13/h2-9,19H,10H2,1H3. The molecule has 102 valence electrons. The number of benzene rings is 2. The maximum atomic E-state index is 9.25. The van der Waals surface area contributed by atoms with E-state index >= 15 is 0 Å². The molecule has 3 nitrogen and oxygen atoms in total. The van der Waals surface area contributed by atoms with Crippen molar-refractivity contribution < 1.29 is 9.84 Å². The zero-order valence-corrected chi connectivity index (χ0v) is 11.8. The third-order valence-corrected chi connectivity index (χ3v) is 3.59. The quantitative estimate of drug-likeness (QED) is 0.786. The van der Waals surface area contributed by atoms with E-state index in [0.717, 1.165) is 21.5 Å². The van der Waals surface area contributed by atoms with Crippen molar-refractivity contribution in [2.24, 2.45) is 7.05 Å². The number of aromatic hydroxyl groups is 1. The molecule has 1 aromatic heterocycles. The van der Waals surface area contributed by atoms with Crippen molar-refractivity contribution in [3.05, 3.63) is 59.2 Å². The first-order chi connectivity index (χ1) is 9.65. The maximum Gasteiger partial charge on any atom is 0.120 e. The summed E-state index contributed by atoms with van der Waals surface area (Å²) in [6.07, 6.45) is 2.02. The highest BCUT2D eigenvalue weighted by Crippen LogP contribution is 2.29. The van der Waals surface area contributed by atoms with Gasteiger partial charge in [-0.3, -0.25) is 0 Å². The molecule has 0 saturated carbocycles. The number of phenols is 1. The molecule has 1 heterocycles. The van der Waals surface area contributed by atoms with E-state index in [9.17, 15) is 5.11 Å². The zero-order valence-electron chi connectivity index (χ0n) is 11.0. The van der Waals surface area contributed by atoms with Gasteiger partial charge in [0.05, 0.1) is 5.02 Å². The molecule has 0 aliphatic carbocycles. The van der Waals surface area contributed by atoms with Crippen LogP contribution >= 0.6 is 11.6 Å². The van der Waals surface area contributed by atoms with Gasteiger partial charge in [0.2, 0.25) is 0 Å². The Morgan fingerprint density at radius 2 is 1.90 bits per heavy atom. The largest absolute Gasteiger partial charge is 0.508 e. The van der Waals surface area contributed by atoms with Gasteiger partial charge in [-0.2, -0.15) is 0 Å². The normalized spacial score (nSPS) is 10.9. The highest BCUT2D eigenvalue weighted by Gasteiger charge is 2.10. The first-order valence-electron chi connectivity index (χ1n) is 6.29. The summed E-state index contributed by atoms with van der Waals surface area (Å²) in [7, 11) is 1.99. The molecule has 20 heavy (non-hydrogen) atoms. The highest BCUT2D eigenvalue weighted by atomic mass is 35.5. The van der Waals surface area contributed by atoms with E-state index in [4.69, 9.17) is 16.3 Å². The third kappa shape index (κ3) is 2.32. The summed E-state index contributed by atoms with van der Waals surface area (Å²) >= 11 is 6.28. The fourth-order valence-electron chi connectivity index (χ4n) is 2.31. The Labute approximate surface area is 122 Å². The smallest absolute Gasteiger partial charge is 0.120 e. The molecular weight excluding hydrogens is 274 g/mol. The van der Waals surface area contributed by atoms with Gasteiger partial charge in [0.15, 0.2) is 0 Å². The van der Waals surface area contributed by atoms with Gasteiger partial charge in [-0.1, -0.05) is 17.7 Å². The minimum absolute atomic E-state index is 0.227. The van der Waals surface area contributed by atoms with Crippen LogP contribution < -0.4 is 4.74 Å². The number of ether oxygens (including phenoxy) is 1. The minimum atomic E-state index is 0.227. The van der Waals surface area contributed by atoms with E-state index in [2.05, 4.69) is 0 Å². The molecule has 0 spiro atoms. The molecule has 2 aromatic carbocycles. The number of rotatable bonds is 3. The average molecular weight is 288 g/mol. The van der Waals surface area contributed by atoms with Gasteiger partial charge >= 0.3 is 0 Å². The lowest BCUT2D eigenvalue weighted by atomic mass is 10.2. The third-order valence-electron chi connectivity index (χ3n) is 3.27. The fraction of sp³-hybridized carbons (Fsp3) is 0.125. The summed E-state index contributed by atoms with van der Waals surface area (Å²) in [6.45, 7) is 0.436. The number of aryl methyl sites for hydroxylation is 1. The number of aromatic nitrogens is 1. The Bertz CT molecular complexity index is 747. The lowest BCUT2D eigenvalue weighted by Crippen LogP contribution is -1.94. The molecule has 0 aliphatic heterocycles. The minimum Gasteiger partial charge on any atom is -0.508 e. The second-order valence-electron chi connectivity index (χ2n) is 4.68. The lowest BCUT2D eigenvalue weighted by Gasteiger charge is -2.06. The molecule has 1 N–H and O–H groups in total. The van der Waals surface area contributed by atoms with Crippen LogP contribution in [0.5, 0.6) is 11.5 Å². The van der Waals surface area contributed by atoms with Gasteiger partial charge in [-0.05, 0) is 36.4 Å². The first kappa shape index (κ1) is 12.9. The first-order valence-corrected chi connectivity index (χ1v) is 6.67. The molecule has 0 saturated heterocycles. The van der Waals surface area contributed by atoms with Crippen LogP contribution in [0.15, 0.2) is 48.7 Å². The maximum absolute atomic E-state index is 9.25. The number of hydrogen-bond acceptors (Lipinski definition) is 2. The van der Waals surface area contributed by atoms with Crippen molar-refractivity contribution in [1.82, 2.24) is 4.57 Å². The lowest BCUT2D eigenvalue weighted by molar-refractivity contribution is 0.307. The Kier molecular flexibility index (Phi) is 3.28. The Morgan fingerprint density at radius 1 is 1.15 bits per heavy atom. The van der Waals surface area contributed by atoms with Gasteiger partial charge in [0.25, 0.3) is 0 Å². The summed E-state index contributed by atoms with van der Waals surface area (Å²) < 4.78 is 7.78. The summed E-state index contributed by atoms with van der Waals surface area (Å²) in [4.78, 5) is 0. The van der Waals surface area contributed by atoms with Crippen LogP contribution in [-0.4, -0.2) is 9.67 Å². The Hall–Kier alpha value is -2.13. The van der Waals surface area contributed by atoms with Crippen LogP contribution in [0.2, 0.25) is 5.02 Å². The van der Waals surface area contributed by atoms with E-state index in [1.807, 2.05) is 36.0 Å². The number of fused-ring (bicyclic) bond motifs is 1. The highest BCUT2D eigenvalue weighted by molar-refractivity contribution is 6.35. The Morgan fingerprint density at radius 3 is 2.65 bits per heavy atom. The average Bonchev–Trinajstić information content (AvgIpc) is 2.77. The Balaban J connectivity index is 1.89.